The summed E-state index contributed by atoms with van der Waals surface area (Å²) in [4.78, 5) is 19.7. The summed E-state index contributed by atoms with van der Waals surface area (Å²) in [5.74, 6) is 0.694. The number of carbonyl (C=O) groups is 1. The molecule has 0 rings (SSSR count). The Bertz CT molecular complexity index is 310. The van der Waals surface area contributed by atoms with E-state index in [1.807, 2.05) is 6.92 Å². The van der Waals surface area contributed by atoms with E-state index in [9.17, 15) is 4.79 Å². The van der Waals surface area contributed by atoms with Crippen molar-refractivity contribution >= 4 is 35.8 Å². The quantitative estimate of drug-likeness (QED) is 0.354. The number of hydrogen-bond acceptors (Lipinski definition) is 3. The van der Waals surface area contributed by atoms with E-state index in [0.717, 1.165) is 26.1 Å². The Morgan fingerprint density at radius 2 is 1.81 bits per heavy atom. The lowest BCUT2D eigenvalue weighted by molar-refractivity contribution is -0.127. The van der Waals surface area contributed by atoms with Gasteiger partial charge in [-0.2, -0.15) is 0 Å². The molecule has 0 heterocycles. The molecule has 7 heteroatoms. The fourth-order valence-electron chi connectivity index (χ4n) is 1.51. The van der Waals surface area contributed by atoms with E-state index in [1.165, 1.54) is 0 Å². The Morgan fingerprint density at radius 3 is 2.29 bits per heavy atom. The minimum absolute atomic E-state index is 0. The molecule has 0 aromatic rings. The molecule has 0 saturated heterocycles. The van der Waals surface area contributed by atoms with Crippen LogP contribution in [0.4, 0.5) is 0 Å². The van der Waals surface area contributed by atoms with Gasteiger partial charge in [0.25, 0.3) is 0 Å². The van der Waals surface area contributed by atoms with E-state index in [-0.39, 0.29) is 36.4 Å². The summed E-state index contributed by atoms with van der Waals surface area (Å²) in [7, 11) is 5.59. The van der Waals surface area contributed by atoms with Crippen molar-refractivity contribution in [1.29, 1.82) is 0 Å². The zero-order chi connectivity index (χ0) is 15.5. The summed E-state index contributed by atoms with van der Waals surface area (Å²) >= 11 is 0. The lowest BCUT2D eigenvalue weighted by Gasteiger charge is -2.24. The zero-order valence-corrected chi connectivity index (χ0v) is 16.6. The van der Waals surface area contributed by atoms with Crippen molar-refractivity contribution in [3.05, 3.63) is 0 Å². The van der Waals surface area contributed by atoms with Crippen LogP contribution in [0.3, 0.4) is 0 Å². The van der Waals surface area contributed by atoms with Crippen LogP contribution in [0.5, 0.6) is 0 Å². The van der Waals surface area contributed by atoms with Crippen molar-refractivity contribution in [1.82, 2.24) is 20.4 Å². The van der Waals surface area contributed by atoms with Crippen molar-refractivity contribution in [2.24, 2.45) is 4.99 Å². The van der Waals surface area contributed by atoms with Crippen LogP contribution >= 0.6 is 24.0 Å². The molecule has 0 bridgehead atoms. The van der Waals surface area contributed by atoms with Gasteiger partial charge in [0, 0.05) is 39.8 Å². The molecule has 0 radical (unpaired) electrons. The summed E-state index contributed by atoms with van der Waals surface area (Å²) in [6.07, 6.45) is 1.14. The number of halogens is 1. The van der Waals surface area contributed by atoms with Crippen molar-refractivity contribution in [3.63, 3.8) is 0 Å². The molecule has 0 aliphatic rings. The van der Waals surface area contributed by atoms with Crippen LogP contribution < -0.4 is 10.6 Å². The van der Waals surface area contributed by atoms with Crippen LogP contribution in [-0.4, -0.2) is 75.0 Å². The number of likely N-dealkylation sites (N-methyl/N-ethyl adjacent to an activating group) is 2. The SMILES string of the molecule is CCNC(=NCC(=O)N(C)C)NCCN(C)C(C)CC.I. The Morgan fingerprint density at radius 1 is 1.19 bits per heavy atom. The maximum atomic E-state index is 11.5. The Balaban J connectivity index is 0. The van der Waals surface area contributed by atoms with Gasteiger partial charge < -0.3 is 20.4 Å². The third kappa shape index (κ3) is 10.8. The molecular formula is C14H32IN5O. The summed E-state index contributed by atoms with van der Waals surface area (Å²) in [5, 5.41) is 6.39. The third-order valence-electron chi connectivity index (χ3n) is 3.32. The van der Waals surface area contributed by atoms with Crippen molar-refractivity contribution < 1.29 is 4.79 Å². The zero-order valence-electron chi connectivity index (χ0n) is 14.3. The lowest BCUT2D eigenvalue weighted by atomic mass is 10.2. The highest BCUT2D eigenvalue weighted by atomic mass is 127. The minimum Gasteiger partial charge on any atom is -0.357 e. The molecule has 0 aliphatic heterocycles. The lowest BCUT2D eigenvalue weighted by Crippen LogP contribution is -2.43. The predicted molar refractivity (Wildman–Crippen MR) is 100 cm³/mol. The molecular weight excluding hydrogens is 381 g/mol. The molecule has 1 atom stereocenters. The normalized spacial score (nSPS) is 12.6. The number of rotatable bonds is 8. The van der Waals surface area contributed by atoms with Gasteiger partial charge in [-0.1, -0.05) is 6.92 Å². The van der Waals surface area contributed by atoms with Gasteiger partial charge in [0.1, 0.15) is 6.54 Å². The molecule has 1 amide bonds. The minimum atomic E-state index is -0.000994. The van der Waals surface area contributed by atoms with E-state index in [0.29, 0.717) is 12.0 Å². The number of guanidine groups is 1. The van der Waals surface area contributed by atoms with E-state index < -0.39 is 0 Å². The number of amides is 1. The highest BCUT2D eigenvalue weighted by Gasteiger charge is 2.07. The topological polar surface area (TPSA) is 60.0 Å². The van der Waals surface area contributed by atoms with Crippen LogP contribution in [0, 0.1) is 0 Å². The molecule has 0 aromatic carbocycles. The van der Waals surface area contributed by atoms with Gasteiger partial charge in [0.05, 0.1) is 0 Å². The van der Waals surface area contributed by atoms with Gasteiger partial charge in [0.2, 0.25) is 5.91 Å². The third-order valence-corrected chi connectivity index (χ3v) is 3.32. The maximum absolute atomic E-state index is 11.5. The molecule has 6 nitrogen and oxygen atoms in total. The number of nitrogens with one attached hydrogen (secondary N) is 2. The van der Waals surface area contributed by atoms with Gasteiger partial charge in [-0.3, -0.25) is 4.79 Å². The molecule has 126 valence electrons. The first kappa shape index (κ1) is 22.7. The summed E-state index contributed by atoms with van der Waals surface area (Å²) < 4.78 is 0. The average molecular weight is 413 g/mol. The molecule has 0 saturated carbocycles. The first-order valence-electron chi connectivity index (χ1n) is 7.34. The van der Waals surface area contributed by atoms with Gasteiger partial charge in [0.15, 0.2) is 5.96 Å². The second-order valence-corrected chi connectivity index (χ2v) is 5.15. The van der Waals surface area contributed by atoms with E-state index in [1.54, 1.807) is 19.0 Å². The van der Waals surface area contributed by atoms with Crippen LogP contribution in [0.15, 0.2) is 4.99 Å². The first-order chi connectivity index (χ1) is 9.42. The molecule has 0 aromatic heterocycles. The van der Waals surface area contributed by atoms with E-state index in [4.69, 9.17) is 0 Å². The highest BCUT2D eigenvalue weighted by Crippen LogP contribution is 1.97. The van der Waals surface area contributed by atoms with Gasteiger partial charge >= 0.3 is 0 Å². The van der Waals surface area contributed by atoms with Crippen molar-refractivity contribution in [3.8, 4) is 0 Å². The fraction of sp³-hybridized carbons (Fsp3) is 0.857. The number of hydrogen-bond donors (Lipinski definition) is 2. The fourth-order valence-corrected chi connectivity index (χ4v) is 1.51. The molecule has 0 fully saturated rings. The van der Waals surface area contributed by atoms with Crippen LogP contribution in [0.2, 0.25) is 0 Å². The standard InChI is InChI=1S/C14H31N5O.HI/c1-7-12(3)19(6)10-9-16-14(15-8-2)17-11-13(20)18(4)5;/h12H,7-11H2,1-6H3,(H2,15,16,17);1H. The number of nitrogens with zero attached hydrogens (tertiary/aromatic N) is 3. The molecule has 21 heavy (non-hydrogen) atoms. The van der Waals surface area contributed by atoms with Crippen molar-refractivity contribution in [2.45, 2.75) is 33.2 Å². The maximum Gasteiger partial charge on any atom is 0.243 e. The van der Waals surface area contributed by atoms with Crippen molar-refractivity contribution in [2.75, 3.05) is 47.3 Å². The Kier molecular flexibility index (Phi) is 14.2. The van der Waals surface area contributed by atoms with Gasteiger partial charge in [-0.25, -0.2) is 4.99 Å². The first-order valence-corrected chi connectivity index (χ1v) is 7.34. The molecule has 0 spiro atoms. The summed E-state index contributed by atoms with van der Waals surface area (Å²) in [6, 6.07) is 0.576. The average Bonchev–Trinajstić information content (AvgIpc) is 2.42. The van der Waals surface area contributed by atoms with Gasteiger partial charge in [-0.05, 0) is 27.3 Å². The largest absolute Gasteiger partial charge is 0.357 e. The smallest absolute Gasteiger partial charge is 0.243 e. The Labute approximate surface area is 146 Å². The summed E-state index contributed by atoms with van der Waals surface area (Å²) in [6.45, 7) is 9.12. The number of carbonyl (C=O) groups excluding carboxylic acids is 1. The second-order valence-electron chi connectivity index (χ2n) is 5.15. The molecule has 0 aliphatic carbocycles. The Hall–Kier alpha value is -0.570. The molecule has 1 unspecified atom stereocenters. The monoisotopic (exact) mass is 413 g/mol. The van der Waals surface area contributed by atoms with E-state index >= 15 is 0 Å². The van der Waals surface area contributed by atoms with Crippen LogP contribution in [0.1, 0.15) is 27.2 Å². The van der Waals surface area contributed by atoms with Crippen LogP contribution in [0.25, 0.3) is 0 Å². The predicted octanol–water partition coefficient (Wildman–Crippen LogP) is 0.978. The van der Waals surface area contributed by atoms with E-state index in [2.05, 4.69) is 41.4 Å². The van der Waals surface area contributed by atoms with Crippen LogP contribution in [-0.2, 0) is 4.79 Å². The summed E-state index contributed by atoms with van der Waals surface area (Å²) in [5.41, 5.74) is 0. The van der Waals surface area contributed by atoms with Gasteiger partial charge in [-0.15, -0.1) is 24.0 Å². The second kappa shape index (κ2) is 13.1. The number of aliphatic imine (C=N–C) groups is 1. The highest BCUT2D eigenvalue weighted by molar-refractivity contribution is 14.0. The molecule has 2 N–H and O–H groups in total.